The summed E-state index contributed by atoms with van der Waals surface area (Å²) in [6.45, 7) is 6.50. The van der Waals surface area contributed by atoms with Gasteiger partial charge >= 0.3 is 0 Å². The van der Waals surface area contributed by atoms with Crippen LogP contribution in [0.2, 0.25) is 0 Å². The fourth-order valence-corrected chi connectivity index (χ4v) is 10.4. The third-order valence-electron chi connectivity index (χ3n) is 8.58. The predicted molar refractivity (Wildman–Crippen MR) is 154 cm³/mol. The molecule has 0 radical (unpaired) electrons. The average molecular weight is 624 g/mol. The number of thioether (sulfide) groups is 1. The zero-order chi connectivity index (χ0) is 27.6. The van der Waals surface area contributed by atoms with Crippen LogP contribution in [0.15, 0.2) is 30.3 Å². The Morgan fingerprint density at radius 3 is 2.59 bits per heavy atom. The van der Waals surface area contributed by atoms with Gasteiger partial charge in [0.05, 0.1) is 42.4 Å². The molecule has 1 aromatic carbocycles. The van der Waals surface area contributed by atoms with E-state index in [1.807, 2.05) is 37.3 Å². The maximum absolute atomic E-state index is 14.3. The first-order valence-corrected chi connectivity index (χ1v) is 15.8. The lowest BCUT2D eigenvalue weighted by molar-refractivity contribution is -0.142. The molecule has 3 N–H and O–H groups in total. The highest BCUT2D eigenvalue weighted by atomic mass is 79.9. The fraction of sp³-hybridized carbons (Fsp3) is 0.679. The van der Waals surface area contributed by atoms with Gasteiger partial charge in [-0.05, 0) is 24.8 Å². The number of rotatable bonds is 11. The topological polar surface area (TPSA) is 111 Å². The number of aliphatic hydroxyl groups is 1. The number of carbonyl (C=O) groups excluding carboxylic acids is 3. The highest BCUT2D eigenvalue weighted by molar-refractivity contribution is 9.09. The summed E-state index contributed by atoms with van der Waals surface area (Å²) in [7, 11) is 0. The number of morpholine rings is 1. The molecule has 1 spiro atoms. The molecule has 0 aliphatic carbocycles. The van der Waals surface area contributed by atoms with E-state index < -0.39 is 28.7 Å². The molecule has 4 aliphatic heterocycles. The van der Waals surface area contributed by atoms with Crippen LogP contribution in [0.3, 0.4) is 0 Å². The predicted octanol–water partition coefficient (Wildman–Crippen LogP) is 1.03. The molecule has 0 aromatic heterocycles. The van der Waals surface area contributed by atoms with Crippen molar-refractivity contribution in [1.29, 1.82) is 0 Å². The van der Waals surface area contributed by atoms with Gasteiger partial charge < -0.3 is 25.4 Å². The molecule has 5 rings (SSSR count). The smallest absolute Gasteiger partial charge is 0.244 e. The molecule has 4 fully saturated rings. The number of hydrogen-bond acceptors (Lipinski definition) is 7. The first-order valence-electron chi connectivity index (χ1n) is 14.1. The molecule has 3 unspecified atom stereocenters. The second-order valence-corrected chi connectivity index (χ2v) is 13.7. The van der Waals surface area contributed by atoms with Crippen molar-refractivity contribution >= 4 is 45.4 Å². The SMILES string of the molecule is CCCNC(=O)[C@H]1[C@@H]2SC3(CC2Br)C(C(=O)NCCN2CCOCC2)N([C@@H](CO)Cc2ccccc2)C(=O)[C@H]13. The molecule has 11 heteroatoms. The summed E-state index contributed by atoms with van der Waals surface area (Å²) in [5.74, 6) is -1.62. The summed E-state index contributed by atoms with van der Waals surface area (Å²) in [6, 6.07) is 8.39. The summed E-state index contributed by atoms with van der Waals surface area (Å²) in [4.78, 5) is 45.7. The Kier molecular flexibility index (Phi) is 9.22. The Bertz CT molecular complexity index is 1040. The molecule has 214 valence electrons. The Labute approximate surface area is 242 Å². The molecule has 2 bridgehead atoms. The number of fused-ring (bicyclic) bond motifs is 1. The largest absolute Gasteiger partial charge is 0.394 e. The number of carbonyl (C=O) groups is 3. The highest BCUT2D eigenvalue weighted by Crippen LogP contribution is 2.68. The van der Waals surface area contributed by atoms with Crippen LogP contribution in [0.25, 0.3) is 0 Å². The van der Waals surface area contributed by atoms with Crippen LogP contribution in [0, 0.1) is 11.8 Å². The van der Waals surface area contributed by atoms with Crippen LogP contribution < -0.4 is 10.6 Å². The van der Waals surface area contributed by atoms with Crippen molar-refractivity contribution in [3.8, 4) is 0 Å². The minimum absolute atomic E-state index is 0.0224. The van der Waals surface area contributed by atoms with E-state index in [1.54, 1.807) is 16.7 Å². The van der Waals surface area contributed by atoms with Gasteiger partial charge in [-0.1, -0.05) is 53.2 Å². The van der Waals surface area contributed by atoms with Gasteiger partial charge in [-0.3, -0.25) is 19.3 Å². The van der Waals surface area contributed by atoms with Crippen molar-refractivity contribution in [2.75, 3.05) is 52.5 Å². The zero-order valence-corrected chi connectivity index (χ0v) is 24.8. The highest BCUT2D eigenvalue weighted by Gasteiger charge is 2.76. The number of aliphatic hydroxyl groups excluding tert-OH is 1. The van der Waals surface area contributed by atoms with Crippen molar-refractivity contribution in [3.05, 3.63) is 35.9 Å². The van der Waals surface area contributed by atoms with Gasteiger partial charge in [0.25, 0.3) is 0 Å². The first kappa shape index (κ1) is 28.9. The molecule has 7 atom stereocenters. The number of halogens is 1. The van der Waals surface area contributed by atoms with Gasteiger partial charge in [-0.25, -0.2) is 0 Å². The molecule has 3 amide bonds. The van der Waals surface area contributed by atoms with Crippen LogP contribution in [0.1, 0.15) is 25.3 Å². The van der Waals surface area contributed by atoms with E-state index in [2.05, 4.69) is 31.5 Å². The van der Waals surface area contributed by atoms with Crippen molar-refractivity contribution in [1.82, 2.24) is 20.4 Å². The van der Waals surface area contributed by atoms with Crippen molar-refractivity contribution in [2.45, 2.75) is 53.1 Å². The van der Waals surface area contributed by atoms with Gasteiger partial charge in [0.15, 0.2) is 0 Å². The minimum Gasteiger partial charge on any atom is -0.394 e. The number of hydrogen-bond donors (Lipinski definition) is 3. The second kappa shape index (κ2) is 12.5. The molecular formula is C28H39BrN4O5S. The first-order chi connectivity index (χ1) is 18.9. The summed E-state index contributed by atoms with van der Waals surface area (Å²) >= 11 is 5.43. The van der Waals surface area contributed by atoms with E-state index in [0.29, 0.717) is 45.7 Å². The van der Waals surface area contributed by atoms with Crippen LogP contribution in [0.4, 0.5) is 0 Å². The molecule has 4 saturated heterocycles. The van der Waals surface area contributed by atoms with E-state index >= 15 is 0 Å². The van der Waals surface area contributed by atoms with Crippen LogP contribution in [0.5, 0.6) is 0 Å². The third-order valence-corrected chi connectivity index (χ3v) is 11.8. The molecule has 1 aromatic rings. The lowest BCUT2D eigenvalue weighted by Gasteiger charge is -2.37. The summed E-state index contributed by atoms with van der Waals surface area (Å²) < 4.78 is 4.70. The van der Waals surface area contributed by atoms with Gasteiger partial charge in [0.2, 0.25) is 17.7 Å². The Morgan fingerprint density at radius 2 is 1.90 bits per heavy atom. The standard InChI is InChI=1S/C28H39BrN4O5S/c1-2-8-30-25(35)21-22-27(37)33(19(17-34)15-18-6-4-3-5-7-18)24(28(22)16-20(29)23(21)39-28)26(36)31-9-10-32-11-13-38-14-12-32/h3-7,19-24,34H,2,8-17H2,1H3,(H,30,35)(H,31,36)/t19-,20?,21-,22+,23-,24?,28?/m1/s1. The number of likely N-dealkylation sites (tertiary alicyclic amines) is 1. The zero-order valence-electron chi connectivity index (χ0n) is 22.4. The van der Waals surface area contributed by atoms with Crippen LogP contribution in [-0.2, 0) is 25.5 Å². The van der Waals surface area contributed by atoms with Crippen LogP contribution >= 0.6 is 27.7 Å². The lowest BCUT2D eigenvalue weighted by Crippen LogP contribution is -2.58. The van der Waals surface area contributed by atoms with E-state index in [0.717, 1.165) is 25.1 Å². The lowest BCUT2D eigenvalue weighted by atomic mass is 9.70. The summed E-state index contributed by atoms with van der Waals surface area (Å²) in [5.41, 5.74) is 0.984. The average Bonchev–Trinajstić information content (AvgIpc) is 3.54. The quantitative estimate of drug-likeness (QED) is 0.316. The maximum Gasteiger partial charge on any atom is 0.244 e. The molecule has 4 aliphatic rings. The third kappa shape index (κ3) is 5.49. The molecular weight excluding hydrogens is 584 g/mol. The minimum atomic E-state index is -0.764. The van der Waals surface area contributed by atoms with E-state index in [-0.39, 0.29) is 34.4 Å². The number of benzene rings is 1. The monoisotopic (exact) mass is 622 g/mol. The Balaban J connectivity index is 1.44. The van der Waals surface area contributed by atoms with E-state index in [1.165, 1.54) is 0 Å². The maximum atomic E-state index is 14.3. The van der Waals surface area contributed by atoms with Gasteiger partial charge in [0.1, 0.15) is 6.04 Å². The molecule has 39 heavy (non-hydrogen) atoms. The Morgan fingerprint density at radius 1 is 1.18 bits per heavy atom. The molecule has 0 saturated carbocycles. The number of nitrogens with one attached hydrogen (secondary N) is 2. The van der Waals surface area contributed by atoms with Gasteiger partial charge in [-0.2, -0.15) is 0 Å². The molecule has 4 heterocycles. The second-order valence-electron chi connectivity index (χ2n) is 11.0. The van der Waals surface area contributed by atoms with Gasteiger partial charge in [-0.15, -0.1) is 11.8 Å². The number of nitrogens with zero attached hydrogens (tertiary/aromatic N) is 2. The number of ether oxygens (including phenoxy) is 1. The van der Waals surface area contributed by atoms with Crippen molar-refractivity contribution < 1.29 is 24.2 Å². The van der Waals surface area contributed by atoms with Crippen LogP contribution in [-0.4, -0.2) is 112 Å². The summed E-state index contributed by atoms with van der Waals surface area (Å²) in [5, 5.41) is 16.6. The van der Waals surface area contributed by atoms with E-state index in [9.17, 15) is 19.5 Å². The number of amides is 3. The van der Waals surface area contributed by atoms with Crippen molar-refractivity contribution in [3.63, 3.8) is 0 Å². The fourth-order valence-electron chi connectivity index (χ4n) is 6.82. The normalized spacial score (nSPS) is 32.7. The molecule has 9 nitrogen and oxygen atoms in total. The van der Waals surface area contributed by atoms with Crippen molar-refractivity contribution in [2.24, 2.45) is 11.8 Å². The van der Waals surface area contributed by atoms with E-state index in [4.69, 9.17) is 4.74 Å². The van der Waals surface area contributed by atoms with Gasteiger partial charge in [0, 0.05) is 42.8 Å². The summed E-state index contributed by atoms with van der Waals surface area (Å²) in [6.07, 6.45) is 1.86. The Hall–Kier alpha value is -1.66. The number of alkyl halides is 1.